The molecular formula is C16H20N2O5. The number of carbonyl (C=O) groups excluding carboxylic acids is 2. The van der Waals surface area contributed by atoms with Crippen molar-refractivity contribution in [3.05, 3.63) is 29.1 Å². The number of ether oxygens (including phenoxy) is 1. The summed E-state index contributed by atoms with van der Waals surface area (Å²) in [5.41, 5.74) is 0.383. The largest absolute Gasteiger partial charge is 0.479 e. The second-order valence-corrected chi connectivity index (χ2v) is 5.44. The Kier molecular flexibility index (Phi) is 4.88. The van der Waals surface area contributed by atoms with Crippen LogP contribution in [0.3, 0.4) is 0 Å². The van der Waals surface area contributed by atoms with E-state index in [1.807, 2.05) is 12.2 Å². The Balaban J connectivity index is 2.43. The van der Waals surface area contributed by atoms with Crippen molar-refractivity contribution in [3.63, 3.8) is 0 Å². The lowest BCUT2D eigenvalue weighted by atomic mass is 9.88. The first-order chi connectivity index (χ1) is 10.9. The Morgan fingerprint density at radius 2 is 2.17 bits per heavy atom. The average molecular weight is 320 g/mol. The zero-order valence-electron chi connectivity index (χ0n) is 13.1. The number of fused-ring (bicyclic) bond motifs is 1. The molecule has 0 spiro atoms. The number of aromatic nitrogens is 1. The summed E-state index contributed by atoms with van der Waals surface area (Å²) in [5.74, 6) is -3.03. The first-order valence-corrected chi connectivity index (χ1v) is 7.45. The van der Waals surface area contributed by atoms with Crippen LogP contribution in [0.2, 0.25) is 0 Å². The van der Waals surface area contributed by atoms with E-state index in [0.717, 1.165) is 24.1 Å². The molecule has 124 valence electrons. The molecule has 1 atom stereocenters. The molecule has 1 aromatic heterocycles. The van der Waals surface area contributed by atoms with E-state index in [2.05, 4.69) is 10.3 Å². The second-order valence-electron chi connectivity index (χ2n) is 5.44. The number of nitrogens with one attached hydrogen (secondary N) is 2. The van der Waals surface area contributed by atoms with E-state index >= 15 is 0 Å². The van der Waals surface area contributed by atoms with Gasteiger partial charge < -0.3 is 20.1 Å². The molecule has 1 unspecified atom stereocenters. The summed E-state index contributed by atoms with van der Waals surface area (Å²) in [5, 5.41) is 11.9. The fourth-order valence-electron chi connectivity index (χ4n) is 2.74. The first kappa shape index (κ1) is 16.8. The van der Waals surface area contributed by atoms with Gasteiger partial charge in [0.25, 0.3) is 0 Å². The molecular weight excluding hydrogens is 300 g/mol. The Bertz CT molecular complexity index is 661. The highest BCUT2D eigenvalue weighted by Crippen LogP contribution is 2.26. The predicted molar refractivity (Wildman–Crippen MR) is 82.7 cm³/mol. The third-order valence-electron chi connectivity index (χ3n) is 3.77. The van der Waals surface area contributed by atoms with Crippen LogP contribution in [-0.2, 0) is 32.0 Å². The van der Waals surface area contributed by atoms with E-state index in [1.165, 1.54) is 6.92 Å². The normalized spacial score (nSPS) is 15.4. The highest BCUT2D eigenvalue weighted by atomic mass is 16.5. The number of hydrogen-bond donors (Lipinski definition) is 3. The summed E-state index contributed by atoms with van der Waals surface area (Å²) in [6.07, 6.45) is 7.11. The minimum Gasteiger partial charge on any atom is -0.479 e. The van der Waals surface area contributed by atoms with Crippen LogP contribution in [-0.4, -0.2) is 40.1 Å². The number of allylic oxidation sites excluding steroid dienone is 1. The second kappa shape index (κ2) is 6.68. The first-order valence-electron chi connectivity index (χ1n) is 7.45. The number of aliphatic carboxylic acids is 1. The molecule has 23 heavy (non-hydrogen) atoms. The molecule has 2 rings (SSSR count). The molecule has 0 saturated heterocycles. The minimum absolute atomic E-state index is 0.0264. The van der Waals surface area contributed by atoms with Gasteiger partial charge in [0.2, 0.25) is 11.4 Å². The maximum Gasteiger partial charge on any atom is 0.344 e. The summed E-state index contributed by atoms with van der Waals surface area (Å²) in [4.78, 5) is 38.7. The molecule has 1 aromatic rings. The molecule has 1 aliphatic rings. The lowest BCUT2D eigenvalue weighted by molar-refractivity contribution is -0.164. The standard InChI is InChI=1S/C16H20N2O5/c1-3-23-15(22)16(14(20)21,18-10(2)19)8-11-9-17-13-7-5-4-6-12(11)13/h4,6,9,17H,3,5,7-8H2,1-2H3,(H,18,19)(H,20,21). The van der Waals surface area contributed by atoms with E-state index in [9.17, 15) is 19.5 Å². The minimum atomic E-state index is -2.14. The number of hydrogen-bond acceptors (Lipinski definition) is 4. The Hall–Kier alpha value is -2.57. The van der Waals surface area contributed by atoms with Crippen LogP contribution in [0.15, 0.2) is 12.3 Å². The molecule has 1 amide bonds. The number of carboxylic acid groups (broad SMARTS) is 1. The summed E-state index contributed by atoms with van der Waals surface area (Å²) >= 11 is 0. The van der Waals surface area contributed by atoms with Gasteiger partial charge in [0.05, 0.1) is 6.61 Å². The summed E-state index contributed by atoms with van der Waals surface area (Å²) in [6.45, 7) is 2.78. The molecule has 7 heteroatoms. The third kappa shape index (κ3) is 3.28. The zero-order valence-corrected chi connectivity index (χ0v) is 13.1. The zero-order chi connectivity index (χ0) is 17.0. The Labute approximate surface area is 133 Å². The van der Waals surface area contributed by atoms with E-state index in [0.29, 0.717) is 5.56 Å². The van der Waals surface area contributed by atoms with Crippen molar-refractivity contribution < 1.29 is 24.2 Å². The molecule has 7 nitrogen and oxygen atoms in total. The van der Waals surface area contributed by atoms with Gasteiger partial charge in [-0.1, -0.05) is 12.2 Å². The number of H-pyrrole nitrogens is 1. The molecule has 0 aromatic carbocycles. The van der Waals surface area contributed by atoms with Crippen LogP contribution in [0.1, 0.15) is 37.1 Å². The van der Waals surface area contributed by atoms with Crippen LogP contribution in [0, 0.1) is 0 Å². The van der Waals surface area contributed by atoms with Crippen molar-refractivity contribution in [2.45, 2.75) is 38.6 Å². The van der Waals surface area contributed by atoms with E-state index in [1.54, 1.807) is 13.1 Å². The lowest BCUT2D eigenvalue weighted by Crippen LogP contribution is -2.62. The molecule has 0 aliphatic heterocycles. The van der Waals surface area contributed by atoms with E-state index in [4.69, 9.17) is 4.74 Å². The Morgan fingerprint density at radius 3 is 2.78 bits per heavy atom. The fraction of sp³-hybridized carbons (Fsp3) is 0.438. The number of carboxylic acids is 1. The van der Waals surface area contributed by atoms with Crippen LogP contribution in [0.25, 0.3) is 6.08 Å². The van der Waals surface area contributed by atoms with Crippen molar-refractivity contribution in [3.8, 4) is 0 Å². The molecule has 0 saturated carbocycles. The monoisotopic (exact) mass is 320 g/mol. The topological polar surface area (TPSA) is 108 Å². The number of carbonyl (C=O) groups is 3. The van der Waals surface area contributed by atoms with Crippen LogP contribution < -0.4 is 5.32 Å². The maximum absolute atomic E-state index is 12.3. The van der Waals surface area contributed by atoms with Gasteiger partial charge in [-0.05, 0) is 30.9 Å². The molecule has 3 N–H and O–H groups in total. The van der Waals surface area contributed by atoms with Gasteiger partial charge in [-0.15, -0.1) is 0 Å². The van der Waals surface area contributed by atoms with Gasteiger partial charge >= 0.3 is 11.9 Å². The highest BCUT2D eigenvalue weighted by molar-refractivity contribution is 6.07. The number of aromatic amines is 1. The van der Waals surface area contributed by atoms with Crippen LogP contribution in [0.4, 0.5) is 0 Å². The number of rotatable bonds is 6. The smallest absolute Gasteiger partial charge is 0.344 e. The average Bonchev–Trinajstić information content (AvgIpc) is 2.89. The molecule has 0 fully saturated rings. The summed E-state index contributed by atoms with van der Waals surface area (Å²) in [6, 6.07) is 0. The van der Waals surface area contributed by atoms with Gasteiger partial charge in [0, 0.05) is 25.2 Å². The van der Waals surface area contributed by atoms with Crippen molar-refractivity contribution in [2.75, 3.05) is 6.61 Å². The molecule has 1 aliphatic carbocycles. The van der Waals surface area contributed by atoms with Gasteiger partial charge in [0.15, 0.2) is 0 Å². The molecule has 0 bridgehead atoms. The predicted octanol–water partition coefficient (Wildman–Crippen LogP) is 1.04. The van der Waals surface area contributed by atoms with Crippen molar-refractivity contribution in [2.24, 2.45) is 0 Å². The molecule has 0 radical (unpaired) electrons. The fourth-order valence-corrected chi connectivity index (χ4v) is 2.74. The van der Waals surface area contributed by atoms with Crippen molar-refractivity contribution >= 4 is 23.9 Å². The van der Waals surface area contributed by atoms with Gasteiger partial charge in [0.1, 0.15) is 0 Å². The number of aryl methyl sites for hydroxylation is 1. The van der Waals surface area contributed by atoms with Crippen LogP contribution >= 0.6 is 0 Å². The lowest BCUT2D eigenvalue weighted by Gasteiger charge is -2.28. The van der Waals surface area contributed by atoms with Gasteiger partial charge in [-0.3, -0.25) is 4.79 Å². The van der Waals surface area contributed by atoms with Gasteiger partial charge in [-0.25, -0.2) is 9.59 Å². The molecule has 1 heterocycles. The SMILES string of the molecule is CCOC(=O)C(Cc1c[nH]c2c1C=CCC2)(NC(C)=O)C(=O)O. The van der Waals surface area contributed by atoms with E-state index < -0.39 is 23.4 Å². The third-order valence-corrected chi connectivity index (χ3v) is 3.77. The van der Waals surface area contributed by atoms with Gasteiger partial charge in [-0.2, -0.15) is 0 Å². The number of esters is 1. The van der Waals surface area contributed by atoms with E-state index in [-0.39, 0.29) is 13.0 Å². The summed E-state index contributed by atoms with van der Waals surface area (Å²) < 4.78 is 4.90. The van der Waals surface area contributed by atoms with Crippen molar-refractivity contribution in [1.82, 2.24) is 10.3 Å². The number of amides is 1. The summed E-state index contributed by atoms with van der Waals surface area (Å²) in [7, 11) is 0. The van der Waals surface area contributed by atoms with Crippen molar-refractivity contribution in [1.29, 1.82) is 0 Å². The Morgan fingerprint density at radius 1 is 1.43 bits per heavy atom. The maximum atomic E-state index is 12.3. The highest BCUT2D eigenvalue weighted by Gasteiger charge is 2.49. The van der Waals surface area contributed by atoms with Crippen LogP contribution in [0.5, 0.6) is 0 Å². The quantitative estimate of drug-likeness (QED) is 0.536.